The summed E-state index contributed by atoms with van der Waals surface area (Å²) in [5, 5.41) is 9.86. The highest BCUT2D eigenvalue weighted by atomic mass is 32.1. The number of aryl methyl sites for hydroxylation is 2. The summed E-state index contributed by atoms with van der Waals surface area (Å²) in [5.74, 6) is 0.0518. The van der Waals surface area contributed by atoms with E-state index in [0.29, 0.717) is 27.8 Å². The van der Waals surface area contributed by atoms with Crippen molar-refractivity contribution in [1.29, 1.82) is 0 Å². The maximum Gasteiger partial charge on any atom is 0.274 e. The Balaban J connectivity index is 1.57. The lowest BCUT2D eigenvalue weighted by atomic mass is 10.0. The van der Waals surface area contributed by atoms with Crippen LogP contribution in [0.5, 0.6) is 0 Å². The number of hydrogen-bond acceptors (Lipinski definition) is 5. The quantitative estimate of drug-likeness (QED) is 0.533. The van der Waals surface area contributed by atoms with Crippen LogP contribution in [0.3, 0.4) is 0 Å². The fraction of sp³-hybridized carbons (Fsp3) is 0.238. The average Bonchev–Trinajstić information content (AvgIpc) is 3.26. The Morgan fingerprint density at radius 1 is 1.24 bits per heavy atom. The van der Waals surface area contributed by atoms with E-state index in [-0.39, 0.29) is 11.1 Å². The third kappa shape index (κ3) is 3.58. The number of aromatic nitrogens is 4. The number of pyridine rings is 1. The van der Waals surface area contributed by atoms with Crippen molar-refractivity contribution in [3.05, 3.63) is 62.9 Å². The van der Waals surface area contributed by atoms with Crippen LogP contribution in [-0.2, 0) is 7.05 Å². The van der Waals surface area contributed by atoms with Crippen molar-refractivity contribution in [2.75, 3.05) is 5.32 Å². The maximum absolute atomic E-state index is 12.6. The summed E-state index contributed by atoms with van der Waals surface area (Å²) in [6, 6.07) is 9.55. The number of nitrogens with one attached hydrogen (secondary N) is 2. The minimum absolute atomic E-state index is 0.170. The van der Waals surface area contributed by atoms with Crippen LogP contribution in [0.4, 0.5) is 5.13 Å². The van der Waals surface area contributed by atoms with Crippen LogP contribution in [0.1, 0.15) is 41.5 Å². The monoisotopic (exact) mass is 407 g/mol. The van der Waals surface area contributed by atoms with E-state index in [1.807, 2.05) is 17.5 Å². The molecule has 1 amide bonds. The Morgan fingerprint density at radius 3 is 2.66 bits per heavy atom. The van der Waals surface area contributed by atoms with Gasteiger partial charge in [0.15, 0.2) is 10.6 Å². The molecule has 1 aromatic carbocycles. The van der Waals surface area contributed by atoms with Crippen LogP contribution in [0.25, 0.3) is 22.3 Å². The number of amides is 1. The van der Waals surface area contributed by atoms with E-state index in [1.165, 1.54) is 23.0 Å². The topological polar surface area (TPSA) is 92.7 Å². The predicted octanol–water partition coefficient (Wildman–Crippen LogP) is 4.07. The van der Waals surface area contributed by atoms with Gasteiger partial charge in [0.2, 0.25) is 0 Å². The Kier molecular flexibility index (Phi) is 4.79. The van der Waals surface area contributed by atoms with Gasteiger partial charge in [-0.05, 0) is 18.4 Å². The highest BCUT2D eigenvalue weighted by Gasteiger charge is 2.16. The number of benzene rings is 1. The van der Waals surface area contributed by atoms with E-state index < -0.39 is 5.91 Å². The van der Waals surface area contributed by atoms with Gasteiger partial charge in [0.1, 0.15) is 11.3 Å². The molecule has 2 N–H and O–H groups in total. The van der Waals surface area contributed by atoms with Gasteiger partial charge in [0, 0.05) is 24.1 Å². The molecule has 0 radical (unpaired) electrons. The molecule has 7 nitrogen and oxygen atoms in total. The molecule has 148 valence electrons. The molecule has 8 heteroatoms. The number of H-pyrrole nitrogens is 1. The molecule has 0 saturated heterocycles. The first-order valence-electron chi connectivity index (χ1n) is 9.27. The summed E-state index contributed by atoms with van der Waals surface area (Å²) in [5.41, 5.74) is 4.14. The van der Waals surface area contributed by atoms with Crippen molar-refractivity contribution >= 4 is 33.4 Å². The Bertz CT molecular complexity index is 1260. The van der Waals surface area contributed by atoms with Gasteiger partial charge in [0.05, 0.1) is 16.8 Å². The van der Waals surface area contributed by atoms with Crippen LogP contribution in [-0.4, -0.2) is 25.7 Å². The van der Waals surface area contributed by atoms with Gasteiger partial charge in [-0.15, -0.1) is 11.3 Å². The number of carbonyl (C=O) groups is 1. The smallest absolute Gasteiger partial charge is 0.274 e. The van der Waals surface area contributed by atoms with Gasteiger partial charge >= 0.3 is 0 Å². The lowest BCUT2D eigenvalue weighted by Gasteiger charge is -2.05. The SMILES string of the molecule is Cc1nn(C)c2[nH]c(C(=O)Nc3nc(-c4ccc(C(C)C)cc4)cs3)cc(=O)c12. The Morgan fingerprint density at radius 2 is 1.97 bits per heavy atom. The van der Waals surface area contributed by atoms with Crippen molar-refractivity contribution in [2.45, 2.75) is 26.7 Å². The molecule has 0 fully saturated rings. The van der Waals surface area contributed by atoms with Crippen LogP contribution >= 0.6 is 11.3 Å². The number of nitrogens with zero attached hydrogens (tertiary/aromatic N) is 3. The van der Waals surface area contributed by atoms with Crippen molar-refractivity contribution in [3.8, 4) is 11.3 Å². The van der Waals surface area contributed by atoms with E-state index >= 15 is 0 Å². The van der Waals surface area contributed by atoms with Crippen molar-refractivity contribution in [1.82, 2.24) is 19.7 Å². The fourth-order valence-electron chi connectivity index (χ4n) is 3.25. The van der Waals surface area contributed by atoms with Crippen LogP contribution in [0, 0.1) is 6.92 Å². The van der Waals surface area contributed by atoms with Crippen LogP contribution in [0.15, 0.2) is 40.5 Å². The van der Waals surface area contributed by atoms with Crippen molar-refractivity contribution in [3.63, 3.8) is 0 Å². The van der Waals surface area contributed by atoms with E-state index in [0.717, 1.165) is 11.3 Å². The summed E-state index contributed by atoms with van der Waals surface area (Å²) in [6.45, 7) is 6.07. The standard InChI is InChI=1S/C21H21N5O2S/c1-11(2)13-5-7-14(8-6-13)16-10-29-21(23-16)24-20(28)15-9-17(27)18-12(3)25-26(4)19(18)22-15/h5-11H,1-4H3,(H,22,27)(H,23,24,28). The van der Waals surface area contributed by atoms with Crippen LogP contribution < -0.4 is 10.7 Å². The first-order valence-corrected chi connectivity index (χ1v) is 10.2. The molecule has 0 bridgehead atoms. The highest BCUT2D eigenvalue weighted by Crippen LogP contribution is 2.26. The van der Waals surface area contributed by atoms with E-state index in [1.54, 1.807) is 18.7 Å². The largest absolute Gasteiger partial charge is 0.335 e. The summed E-state index contributed by atoms with van der Waals surface area (Å²) >= 11 is 1.34. The number of carbonyl (C=O) groups excluding carboxylic acids is 1. The number of hydrogen-bond donors (Lipinski definition) is 2. The Labute approximate surface area is 171 Å². The van der Waals surface area contributed by atoms with Gasteiger partial charge in [-0.1, -0.05) is 38.1 Å². The second kappa shape index (κ2) is 7.29. The molecule has 0 aliphatic heterocycles. The maximum atomic E-state index is 12.6. The summed E-state index contributed by atoms with van der Waals surface area (Å²) in [6.07, 6.45) is 0. The molecule has 0 aliphatic rings. The van der Waals surface area contributed by atoms with Gasteiger partial charge in [0.25, 0.3) is 5.91 Å². The lowest BCUT2D eigenvalue weighted by Crippen LogP contribution is -2.17. The number of aromatic amines is 1. The molecule has 3 aromatic heterocycles. The molecule has 0 atom stereocenters. The second-order valence-electron chi connectivity index (χ2n) is 7.25. The zero-order valence-corrected chi connectivity index (χ0v) is 17.4. The molecule has 0 unspecified atom stereocenters. The van der Waals surface area contributed by atoms with Crippen molar-refractivity contribution in [2.24, 2.45) is 7.05 Å². The predicted molar refractivity (Wildman–Crippen MR) is 116 cm³/mol. The second-order valence-corrected chi connectivity index (χ2v) is 8.11. The minimum Gasteiger partial charge on any atom is -0.335 e. The minimum atomic E-state index is -0.418. The molecule has 4 aromatic rings. The van der Waals surface area contributed by atoms with Crippen molar-refractivity contribution < 1.29 is 4.79 Å². The molecule has 0 spiro atoms. The molecule has 3 heterocycles. The zero-order chi connectivity index (χ0) is 20.7. The van der Waals surface area contributed by atoms with Gasteiger partial charge in [-0.25, -0.2) is 4.98 Å². The first kappa shape index (κ1) is 19.1. The Hall–Kier alpha value is -3.26. The molecular weight excluding hydrogens is 386 g/mol. The summed E-state index contributed by atoms with van der Waals surface area (Å²) < 4.78 is 1.56. The molecule has 29 heavy (non-hydrogen) atoms. The number of rotatable bonds is 4. The van der Waals surface area contributed by atoms with E-state index in [2.05, 4.69) is 46.4 Å². The van der Waals surface area contributed by atoms with Crippen LogP contribution in [0.2, 0.25) is 0 Å². The summed E-state index contributed by atoms with van der Waals surface area (Å²) in [7, 11) is 1.73. The number of fused-ring (bicyclic) bond motifs is 1. The molecule has 0 aliphatic carbocycles. The molecule has 0 saturated carbocycles. The zero-order valence-electron chi connectivity index (χ0n) is 16.6. The number of thiazole rings is 1. The third-order valence-electron chi connectivity index (χ3n) is 4.84. The molecule has 4 rings (SSSR count). The summed E-state index contributed by atoms with van der Waals surface area (Å²) in [4.78, 5) is 32.5. The first-order chi connectivity index (χ1) is 13.8. The highest BCUT2D eigenvalue weighted by molar-refractivity contribution is 7.14. The van der Waals surface area contributed by atoms with E-state index in [4.69, 9.17) is 0 Å². The van der Waals surface area contributed by atoms with Gasteiger partial charge in [-0.3, -0.25) is 19.6 Å². The van der Waals surface area contributed by atoms with Gasteiger partial charge in [-0.2, -0.15) is 5.10 Å². The molecular formula is C21H21N5O2S. The van der Waals surface area contributed by atoms with E-state index in [9.17, 15) is 9.59 Å². The van der Waals surface area contributed by atoms with Gasteiger partial charge < -0.3 is 4.98 Å². The average molecular weight is 407 g/mol. The lowest BCUT2D eigenvalue weighted by molar-refractivity contribution is 0.102. The normalized spacial score (nSPS) is 11.3. The third-order valence-corrected chi connectivity index (χ3v) is 5.60. The number of anilines is 1. The fourth-order valence-corrected chi connectivity index (χ4v) is 3.97.